The van der Waals surface area contributed by atoms with Gasteiger partial charge in [-0.05, 0) is 12.2 Å². The maximum Gasteiger partial charge on any atom is 0.324 e. The van der Waals surface area contributed by atoms with Crippen LogP contribution in [0.1, 0.15) is 22.3 Å². The Bertz CT molecular complexity index is 377. The van der Waals surface area contributed by atoms with E-state index in [-0.39, 0.29) is 34.2 Å². The van der Waals surface area contributed by atoms with Crippen molar-refractivity contribution >= 4 is 46.5 Å². The quantitative estimate of drug-likeness (QED) is 0.632. The first-order chi connectivity index (χ1) is 8.25. The minimum atomic E-state index is -0.0139. The number of hydrogen-bond donors (Lipinski definition) is 0. The van der Waals surface area contributed by atoms with E-state index >= 15 is 0 Å². The summed E-state index contributed by atoms with van der Waals surface area (Å²) in [6.07, 6.45) is 0. The molecule has 0 unspecified atom stereocenters. The average molecular weight is 337 g/mol. The number of likely N-dealkylation sites (N-methyl/N-ethyl adjacent to an activating group) is 4. The number of carbonyl (C=O) groups is 2. The van der Waals surface area contributed by atoms with E-state index in [1.165, 1.54) is 9.80 Å². The van der Waals surface area contributed by atoms with Crippen LogP contribution in [-0.4, -0.2) is 82.9 Å². The number of carbonyl (C=O) groups excluding carboxylic acids is 2. The lowest BCUT2D eigenvalue weighted by atomic mass is 10.6. The summed E-state index contributed by atoms with van der Waals surface area (Å²) in [5.74, 6) is 0.0718. The molecule has 2 aliphatic heterocycles. The minimum Gasteiger partial charge on any atom is -0.343 e. The molecule has 124 valence electrons. The van der Waals surface area contributed by atoms with Gasteiger partial charge < -0.3 is 9.80 Å². The van der Waals surface area contributed by atoms with Gasteiger partial charge in [0.15, 0.2) is 5.11 Å². The molecule has 0 aromatic rings. The number of amides is 3. The van der Waals surface area contributed by atoms with E-state index in [0.717, 1.165) is 0 Å². The van der Waals surface area contributed by atoms with Crippen LogP contribution in [0.15, 0.2) is 0 Å². The van der Waals surface area contributed by atoms with E-state index in [0.29, 0.717) is 23.2 Å². The number of urea groups is 1. The predicted octanol–water partition coefficient (Wildman–Crippen LogP) is 1.89. The van der Waals surface area contributed by atoms with Gasteiger partial charge in [0.1, 0.15) is 4.99 Å². The molecular weight excluding hydrogens is 308 g/mol. The van der Waals surface area contributed by atoms with E-state index in [2.05, 4.69) is 0 Å². The minimum absolute atomic E-state index is 0. The second-order valence-corrected chi connectivity index (χ2v) is 5.02. The van der Waals surface area contributed by atoms with Crippen molar-refractivity contribution in [3.8, 4) is 0 Å². The van der Waals surface area contributed by atoms with Gasteiger partial charge in [-0.3, -0.25) is 14.6 Å². The third-order valence-electron chi connectivity index (χ3n) is 2.72. The van der Waals surface area contributed by atoms with Crippen LogP contribution < -0.4 is 0 Å². The number of thiocarbonyl (C=S) groups is 2. The standard InChI is InChI=1S/2C5H8N2OS.3CH4/c1-6-3-4(9)7(2)5(6)8;1-6-3-4(8)7(2)5(6)9;;;/h2*3H2,1-2H3;3*1H4. The van der Waals surface area contributed by atoms with Crippen molar-refractivity contribution in [3.05, 3.63) is 0 Å². The lowest BCUT2D eigenvalue weighted by Gasteiger charge is -2.09. The molecule has 21 heavy (non-hydrogen) atoms. The van der Waals surface area contributed by atoms with Crippen molar-refractivity contribution in [2.45, 2.75) is 22.3 Å². The summed E-state index contributed by atoms with van der Waals surface area (Å²) in [7, 11) is 6.92. The molecule has 2 heterocycles. The van der Waals surface area contributed by atoms with Crippen molar-refractivity contribution in [2.75, 3.05) is 41.3 Å². The van der Waals surface area contributed by atoms with Crippen molar-refractivity contribution < 1.29 is 9.59 Å². The third-order valence-corrected chi connectivity index (χ3v) is 3.71. The zero-order valence-electron chi connectivity index (χ0n) is 10.8. The largest absolute Gasteiger partial charge is 0.343 e. The van der Waals surface area contributed by atoms with Gasteiger partial charge in [0.25, 0.3) is 0 Å². The van der Waals surface area contributed by atoms with Crippen LogP contribution in [0.5, 0.6) is 0 Å². The van der Waals surface area contributed by atoms with Crippen LogP contribution in [0.3, 0.4) is 0 Å². The van der Waals surface area contributed by atoms with Crippen LogP contribution in [-0.2, 0) is 4.79 Å². The summed E-state index contributed by atoms with van der Waals surface area (Å²) in [5, 5.41) is 0.611. The highest BCUT2D eigenvalue weighted by molar-refractivity contribution is 7.80. The van der Waals surface area contributed by atoms with E-state index in [1.807, 2.05) is 7.05 Å². The van der Waals surface area contributed by atoms with Gasteiger partial charge in [-0.15, -0.1) is 0 Å². The Morgan fingerprint density at radius 1 is 0.810 bits per heavy atom. The molecule has 0 radical (unpaired) electrons. The van der Waals surface area contributed by atoms with Crippen LogP contribution in [0.4, 0.5) is 4.79 Å². The Kier molecular flexibility index (Phi) is 11.3. The first kappa shape index (κ1) is 24.7. The highest BCUT2D eigenvalue weighted by Gasteiger charge is 2.26. The lowest BCUT2D eigenvalue weighted by molar-refractivity contribution is -0.124. The second kappa shape index (κ2) is 9.62. The fourth-order valence-electron chi connectivity index (χ4n) is 1.48. The Morgan fingerprint density at radius 2 is 1.29 bits per heavy atom. The molecule has 0 aromatic heterocycles. The molecule has 0 saturated carbocycles. The molecule has 0 spiro atoms. The SMILES string of the molecule is C.C.C.CN1CC(=O)N(C)C1=S.CN1CC(=S)N(C)C1=O. The lowest BCUT2D eigenvalue weighted by Crippen LogP contribution is -2.26. The van der Waals surface area contributed by atoms with E-state index in [9.17, 15) is 9.59 Å². The molecular formula is C13H28N4O2S2. The molecule has 0 aromatic carbocycles. The summed E-state index contributed by atoms with van der Waals surface area (Å²) in [6.45, 7) is 1.01. The Morgan fingerprint density at radius 3 is 1.38 bits per heavy atom. The van der Waals surface area contributed by atoms with Gasteiger partial charge in [-0.1, -0.05) is 34.5 Å². The van der Waals surface area contributed by atoms with E-state index in [4.69, 9.17) is 24.4 Å². The van der Waals surface area contributed by atoms with E-state index < -0.39 is 0 Å². The number of hydrogen-bond acceptors (Lipinski definition) is 4. The zero-order valence-corrected chi connectivity index (χ0v) is 12.5. The Labute approximate surface area is 139 Å². The molecule has 2 saturated heterocycles. The van der Waals surface area contributed by atoms with Crippen molar-refractivity contribution in [2.24, 2.45) is 0 Å². The summed E-state index contributed by atoms with van der Waals surface area (Å²) < 4.78 is 0. The van der Waals surface area contributed by atoms with E-state index in [1.54, 1.807) is 30.9 Å². The van der Waals surface area contributed by atoms with Gasteiger partial charge in [0.2, 0.25) is 5.91 Å². The maximum absolute atomic E-state index is 10.9. The molecule has 0 N–H and O–H groups in total. The van der Waals surface area contributed by atoms with Gasteiger partial charge in [0.05, 0.1) is 13.1 Å². The van der Waals surface area contributed by atoms with Crippen LogP contribution in [0.2, 0.25) is 0 Å². The Hall–Kier alpha value is -1.28. The third kappa shape index (κ3) is 5.55. The molecule has 0 aliphatic carbocycles. The van der Waals surface area contributed by atoms with Gasteiger partial charge in [0, 0.05) is 28.2 Å². The molecule has 0 bridgehead atoms. The number of rotatable bonds is 0. The highest BCUT2D eigenvalue weighted by Crippen LogP contribution is 2.05. The maximum atomic E-state index is 10.9. The Balaban J connectivity index is -0.000000270. The van der Waals surface area contributed by atoms with Crippen LogP contribution in [0.25, 0.3) is 0 Å². The van der Waals surface area contributed by atoms with Gasteiger partial charge >= 0.3 is 6.03 Å². The highest BCUT2D eigenvalue weighted by atomic mass is 32.1. The monoisotopic (exact) mass is 336 g/mol. The molecule has 6 nitrogen and oxygen atoms in total. The predicted molar refractivity (Wildman–Crippen MR) is 96.6 cm³/mol. The summed E-state index contributed by atoms with van der Waals surface area (Å²) in [4.78, 5) is 28.7. The summed E-state index contributed by atoms with van der Waals surface area (Å²) >= 11 is 9.73. The number of nitrogens with zero attached hydrogens (tertiary/aromatic N) is 4. The summed E-state index contributed by atoms with van der Waals surface area (Å²) in [6, 6.07) is -0.0139. The second-order valence-electron chi connectivity index (χ2n) is 4.18. The topological polar surface area (TPSA) is 47.1 Å². The molecule has 2 fully saturated rings. The fourth-order valence-corrected chi connectivity index (χ4v) is 1.92. The molecule has 3 amide bonds. The smallest absolute Gasteiger partial charge is 0.324 e. The fraction of sp³-hybridized carbons (Fsp3) is 0.692. The summed E-state index contributed by atoms with van der Waals surface area (Å²) in [5.41, 5.74) is 0. The van der Waals surface area contributed by atoms with Gasteiger partial charge in [-0.2, -0.15) is 0 Å². The first-order valence-electron chi connectivity index (χ1n) is 5.29. The molecule has 2 aliphatic rings. The van der Waals surface area contributed by atoms with Gasteiger partial charge in [-0.25, -0.2) is 4.79 Å². The first-order valence-corrected chi connectivity index (χ1v) is 6.10. The van der Waals surface area contributed by atoms with Crippen molar-refractivity contribution in [1.82, 2.24) is 19.6 Å². The van der Waals surface area contributed by atoms with Crippen LogP contribution in [0, 0.1) is 0 Å². The van der Waals surface area contributed by atoms with Crippen molar-refractivity contribution in [3.63, 3.8) is 0 Å². The zero-order chi connectivity index (χ0) is 14.0. The van der Waals surface area contributed by atoms with Crippen molar-refractivity contribution in [1.29, 1.82) is 0 Å². The molecule has 0 atom stereocenters. The normalized spacial score (nSPS) is 17.0. The molecule has 8 heteroatoms. The van der Waals surface area contributed by atoms with Crippen LogP contribution >= 0.6 is 24.4 Å². The molecule has 2 rings (SSSR count). The average Bonchev–Trinajstić information content (AvgIpc) is 2.66.